The van der Waals surface area contributed by atoms with Crippen LogP contribution < -0.4 is 5.32 Å². The number of carbonyl (C=O) groups excluding carboxylic acids is 2. The maximum Gasteiger partial charge on any atom is 0.338 e. The molecule has 0 saturated carbocycles. The topological polar surface area (TPSA) is 55.4 Å². The van der Waals surface area contributed by atoms with Gasteiger partial charge in [-0.3, -0.25) is 4.79 Å². The monoisotopic (exact) mass is 375 g/mol. The van der Waals surface area contributed by atoms with E-state index in [0.717, 1.165) is 10.6 Å². The number of esters is 1. The Bertz CT molecular complexity index is 700. The smallest absolute Gasteiger partial charge is 0.338 e. The number of amides is 1. The fourth-order valence-corrected chi connectivity index (χ4v) is 3.16. The zero-order valence-corrected chi connectivity index (χ0v) is 15.9. The van der Waals surface area contributed by atoms with Gasteiger partial charge in [-0.1, -0.05) is 17.7 Å². The van der Waals surface area contributed by atoms with Crippen molar-refractivity contribution < 1.29 is 14.3 Å². The molecular formula is C19H21NO3S2. The van der Waals surface area contributed by atoms with Gasteiger partial charge in [0.1, 0.15) is 0 Å². The molecule has 0 spiro atoms. The van der Waals surface area contributed by atoms with Crippen LogP contribution in [0.3, 0.4) is 0 Å². The molecule has 0 unspecified atom stereocenters. The van der Waals surface area contributed by atoms with Gasteiger partial charge < -0.3 is 10.1 Å². The quantitative estimate of drug-likeness (QED) is 0.432. The summed E-state index contributed by atoms with van der Waals surface area (Å²) in [6, 6.07) is 15.3. The highest BCUT2D eigenvalue weighted by Gasteiger charge is 2.09. The molecule has 0 aliphatic carbocycles. The van der Waals surface area contributed by atoms with Crippen molar-refractivity contribution in [2.75, 3.05) is 25.2 Å². The average molecular weight is 376 g/mol. The van der Waals surface area contributed by atoms with E-state index >= 15 is 0 Å². The highest BCUT2D eigenvalue weighted by atomic mass is 32.2. The highest BCUT2D eigenvalue weighted by molar-refractivity contribution is 7.99. The third-order valence-electron chi connectivity index (χ3n) is 3.37. The van der Waals surface area contributed by atoms with Crippen LogP contribution in [0.4, 0.5) is 0 Å². The summed E-state index contributed by atoms with van der Waals surface area (Å²) in [7, 11) is 0. The molecule has 4 nitrogen and oxygen atoms in total. The Morgan fingerprint density at radius 3 is 2.28 bits per heavy atom. The molecule has 25 heavy (non-hydrogen) atoms. The van der Waals surface area contributed by atoms with E-state index in [-0.39, 0.29) is 12.5 Å². The number of aryl methyl sites for hydroxylation is 1. The molecule has 0 radical (unpaired) electrons. The standard InChI is InChI=1S/C19H21NO3S2/c1-14-3-7-17(8-4-14)25-12-11-20-18(21)13-23-19(22)15-5-9-16(24-2)10-6-15/h3-10H,11-13H2,1-2H3,(H,20,21). The number of rotatable bonds is 8. The molecule has 6 heteroatoms. The Balaban J connectivity index is 1.64. The Hall–Kier alpha value is -1.92. The van der Waals surface area contributed by atoms with Gasteiger partial charge in [0, 0.05) is 22.1 Å². The van der Waals surface area contributed by atoms with Gasteiger partial charge in [0.05, 0.1) is 5.56 Å². The van der Waals surface area contributed by atoms with E-state index in [9.17, 15) is 9.59 Å². The van der Waals surface area contributed by atoms with Crippen molar-refractivity contribution in [1.82, 2.24) is 5.32 Å². The average Bonchev–Trinajstić information content (AvgIpc) is 2.64. The van der Waals surface area contributed by atoms with E-state index in [4.69, 9.17) is 4.74 Å². The molecule has 0 heterocycles. The first-order chi connectivity index (χ1) is 12.1. The SMILES string of the molecule is CSc1ccc(C(=O)OCC(=O)NCCSc2ccc(C)cc2)cc1. The van der Waals surface area contributed by atoms with E-state index < -0.39 is 5.97 Å². The van der Waals surface area contributed by atoms with Gasteiger partial charge >= 0.3 is 5.97 Å². The molecule has 2 aromatic rings. The summed E-state index contributed by atoms with van der Waals surface area (Å²) in [4.78, 5) is 25.8. The lowest BCUT2D eigenvalue weighted by Crippen LogP contribution is -2.30. The molecule has 0 aliphatic rings. The van der Waals surface area contributed by atoms with Crippen molar-refractivity contribution in [1.29, 1.82) is 0 Å². The van der Waals surface area contributed by atoms with Gasteiger partial charge in [0.15, 0.2) is 6.61 Å². The van der Waals surface area contributed by atoms with Crippen LogP contribution >= 0.6 is 23.5 Å². The van der Waals surface area contributed by atoms with Crippen molar-refractivity contribution >= 4 is 35.4 Å². The summed E-state index contributed by atoms with van der Waals surface area (Å²) in [5.74, 6) is -0.0192. The van der Waals surface area contributed by atoms with Crippen LogP contribution in [-0.4, -0.2) is 37.0 Å². The van der Waals surface area contributed by atoms with Crippen LogP contribution in [0.15, 0.2) is 58.3 Å². The molecule has 0 aromatic heterocycles. The third kappa shape index (κ3) is 6.84. The van der Waals surface area contributed by atoms with Crippen LogP contribution in [0, 0.1) is 6.92 Å². The molecule has 2 aromatic carbocycles. The van der Waals surface area contributed by atoms with E-state index in [1.807, 2.05) is 25.3 Å². The lowest BCUT2D eigenvalue weighted by molar-refractivity contribution is -0.124. The first-order valence-electron chi connectivity index (χ1n) is 7.86. The number of nitrogens with one attached hydrogen (secondary N) is 1. The van der Waals surface area contributed by atoms with Crippen LogP contribution in [0.25, 0.3) is 0 Å². The fraction of sp³-hybridized carbons (Fsp3) is 0.263. The Morgan fingerprint density at radius 1 is 1.00 bits per heavy atom. The highest BCUT2D eigenvalue weighted by Crippen LogP contribution is 2.17. The Kier molecular flexibility index (Phi) is 7.88. The number of hydrogen-bond acceptors (Lipinski definition) is 5. The molecule has 0 fully saturated rings. The molecule has 0 saturated heterocycles. The van der Waals surface area contributed by atoms with Crippen LogP contribution in [0.1, 0.15) is 15.9 Å². The van der Waals surface area contributed by atoms with Crippen LogP contribution in [0.5, 0.6) is 0 Å². The number of benzene rings is 2. The normalized spacial score (nSPS) is 10.3. The lowest BCUT2D eigenvalue weighted by Gasteiger charge is -2.07. The predicted octanol–water partition coefficient (Wildman–Crippen LogP) is 3.78. The van der Waals surface area contributed by atoms with Crippen molar-refractivity contribution in [3.8, 4) is 0 Å². The summed E-state index contributed by atoms with van der Waals surface area (Å²) in [6.45, 7) is 2.31. The van der Waals surface area contributed by atoms with Crippen molar-refractivity contribution in [3.63, 3.8) is 0 Å². The van der Waals surface area contributed by atoms with E-state index in [0.29, 0.717) is 12.1 Å². The fourth-order valence-electron chi connectivity index (χ4n) is 1.99. The minimum atomic E-state index is -0.489. The molecule has 0 bridgehead atoms. The van der Waals surface area contributed by atoms with Gasteiger partial charge in [-0.15, -0.1) is 23.5 Å². The predicted molar refractivity (Wildman–Crippen MR) is 103 cm³/mol. The number of carbonyl (C=O) groups is 2. The zero-order chi connectivity index (χ0) is 18.1. The molecule has 1 N–H and O–H groups in total. The molecule has 2 rings (SSSR count). The molecule has 0 aliphatic heterocycles. The Morgan fingerprint density at radius 2 is 1.64 bits per heavy atom. The molecule has 0 atom stereocenters. The number of ether oxygens (including phenoxy) is 1. The van der Waals surface area contributed by atoms with Gasteiger partial charge in [-0.2, -0.15) is 0 Å². The summed E-state index contributed by atoms with van der Waals surface area (Å²) in [6.07, 6.45) is 1.97. The lowest BCUT2D eigenvalue weighted by atomic mass is 10.2. The molecule has 132 valence electrons. The first kappa shape index (κ1) is 19.4. The minimum absolute atomic E-state index is 0.266. The van der Waals surface area contributed by atoms with Gasteiger partial charge in [0.25, 0.3) is 5.91 Å². The number of hydrogen-bond donors (Lipinski definition) is 1. The summed E-state index contributed by atoms with van der Waals surface area (Å²) >= 11 is 3.27. The van der Waals surface area contributed by atoms with Gasteiger partial charge in [0.2, 0.25) is 0 Å². The third-order valence-corrected chi connectivity index (χ3v) is 5.13. The second-order valence-corrected chi connectivity index (χ2v) is 7.36. The maximum absolute atomic E-state index is 11.9. The number of thioether (sulfide) groups is 2. The maximum atomic E-state index is 11.9. The zero-order valence-electron chi connectivity index (χ0n) is 14.3. The van der Waals surface area contributed by atoms with E-state index in [2.05, 4.69) is 29.6 Å². The van der Waals surface area contributed by atoms with Crippen LogP contribution in [0.2, 0.25) is 0 Å². The van der Waals surface area contributed by atoms with Gasteiger partial charge in [-0.05, 0) is 49.6 Å². The summed E-state index contributed by atoms with van der Waals surface area (Å²) in [5.41, 5.74) is 1.67. The van der Waals surface area contributed by atoms with E-state index in [1.165, 1.54) is 10.5 Å². The summed E-state index contributed by atoms with van der Waals surface area (Å²) < 4.78 is 5.03. The molecular weight excluding hydrogens is 354 g/mol. The van der Waals surface area contributed by atoms with Crippen molar-refractivity contribution in [2.45, 2.75) is 16.7 Å². The summed E-state index contributed by atoms with van der Waals surface area (Å²) in [5, 5.41) is 2.75. The van der Waals surface area contributed by atoms with Crippen LogP contribution in [-0.2, 0) is 9.53 Å². The molecule has 1 amide bonds. The van der Waals surface area contributed by atoms with Crippen molar-refractivity contribution in [3.05, 3.63) is 59.7 Å². The van der Waals surface area contributed by atoms with E-state index in [1.54, 1.807) is 35.7 Å². The Labute approximate surface area is 156 Å². The van der Waals surface area contributed by atoms with Crippen molar-refractivity contribution in [2.24, 2.45) is 0 Å². The van der Waals surface area contributed by atoms with Gasteiger partial charge in [-0.25, -0.2) is 4.79 Å². The largest absolute Gasteiger partial charge is 0.452 e. The first-order valence-corrected chi connectivity index (χ1v) is 10.1. The minimum Gasteiger partial charge on any atom is -0.452 e. The second kappa shape index (κ2) is 10.2. The second-order valence-electron chi connectivity index (χ2n) is 5.32.